The van der Waals surface area contributed by atoms with Gasteiger partial charge in [-0.05, 0) is 37.5 Å². The van der Waals surface area contributed by atoms with Crippen molar-refractivity contribution in [3.8, 4) is 6.07 Å². The monoisotopic (exact) mass is 192 g/mol. The van der Waals surface area contributed by atoms with Crippen LogP contribution in [0.1, 0.15) is 24.5 Å². The maximum atomic E-state index is 13.1. The first-order valence-electron chi connectivity index (χ1n) is 4.57. The molecule has 0 bridgehead atoms. The van der Waals surface area contributed by atoms with Crippen molar-refractivity contribution in [3.05, 3.63) is 35.1 Å². The number of nitrogens with zero attached hydrogens (tertiary/aromatic N) is 1. The number of nitriles is 1. The van der Waals surface area contributed by atoms with Crippen molar-refractivity contribution in [1.82, 2.24) is 0 Å². The fraction of sp³-hybridized carbons (Fsp3) is 0.364. The highest BCUT2D eigenvalue weighted by atomic mass is 19.1. The van der Waals surface area contributed by atoms with Crippen LogP contribution in [-0.2, 0) is 6.42 Å². The van der Waals surface area contributed by atoms with Crippen molar-refractivity contribution in [2.24, 2.45) is 5.73 Å². The normalized spacial score (nSPS) is 12.1. The summed E-state index contributed by atoms with van der Waals surface area (Å²) in [6.45, 7) is 1.92. The Morgan fingerprint density at radius 2 is 2.29 bits per heavy atom. The predicted octanol–water partition coefficient (Wildman–Crippen LogP) is 1.98. The van der Waals surface area contributed by atoms with E-state index < -0.39 is 5.82 Å². The Kier molecular flexibility index (Phi) is 3.61. The van der Waals surface area contributed by atoms with Crippen molar-refractivity contribution in [1.29, 1.82) is 5.26 Å². The molecule has 74 valence electrons. The SMILES string of the molecule is CC(N)CCc1ccc(C#N)c(F)c1. The number of rotatable bonds is 3. The van der Waals surface area contributed by atoms with Gasteiger partial charge < -0.3 is 5.73 Å². The average Bonchev–Trinajstić information content (AvgIpc) is 2.15. The van der Waals surface area contributed by atoms with E-state index in [9.17, 15) is 4.39 Å². The molecular weight excluding hydrogens is 179 g/mol. The van der Waals surface area contributed by atoms with Crippen LogP contribution in [0.25, 0.3) is 0 Å². The van der Waals surface area contributed by atoms with Gasteiger partial charge in [0.25, 0.3) is 0 Å². The van der Waals surface area contributed by atoms with Gasteiger partial charge in [0.1, 0.15) is 11.9 Å². The van der Waals surface area contributed by atoms with Crippen LogP contribution in [0.4, 0.5) is 4.39 Å². The van der Waals surface area contributed by atoms with Crippen LogP contribution in [-0.4, -0.2) is 6.04 Å². The van der Waals surface area contributed by atoms with E-state index in [1.54, 1.807) is 12.1 Å². The zero-order valence-electron chi connectivity index (χ0n) is 8.13. The second kappa shape index (κ2) is 4.73. The molecule has 0 fully saturated rings. The predicted molar refractivity (Wildman–Crippen MR) is 53.1 cm³/mol. The molecule has 2 N–H and O–H groups in total. The Morgan fingerprint density at radius 3 is 2.79 bits per heavy atom. The Bertz CT molecular complexity index is 353. The molecule has 0 aromatic heterocycles. The number of aryl methyl sites for hydroxylation is 1. The lowest BCUT2D eigenvalue weighted by Crippen LogP contribution is -2.15. The molecular formula is C11H13FN2. The number of hydrogen-bond donors (Lipinski definition) is 1. The van der Waals surface area contributed by atoms with E-state index in [0.29, 0.717) is 0 Å². The van der Waals surface area contributed by atoms with E-state index in [1.165, 1.54) is 12.1 Å². The number of nitrogens with two attached hydrogens (primary N) is 1. The summed E-state index contributed by atoms with van der Waals surface area (Å²) in [5.74, 6) is -0.449. The van der Waals surface area contributed by atoms with E-state index in [-0.39, 0.29) is 11.6 Å². The second-order valence-corrected chi connectivity index (χ2v) is 3.44. The molecule has 0 aliphatic rings. The van der Waals surface area contributed by atoms with E-state index in [0.717, 1.165) is 18.4 Å². The number of benzene rings is 1. The van der Waals surface area contributed by atoms with E-state index in [2.05, 4.69) is 0 Å². The standard InChI is InChI=1S/C11H13FN2/c1-8(14)2-3-9-4-5-10(7-13)11(12)6-9/h4-6,8H,2-3,14H2,1H3. The highest BCUT2D eigenvalue weighted by molar-refractivity contribution is 5.33. The third-order valence-electron chi connectivity index (χ3n) is 2.04. The van der Waals surface area contributed by atoms with Crippen molar-refractivity contribution < 1.29 is 4.39 Å². The third-order valence-corrected chi connectivity index (χ3v) is 2.04. The quantitative estimate of drug-likeness (QED) is 0.796. The summed E-state index contributed by atoms with van der Waals surface area (Å²) in [7, 11) is 0. The van der Waals surface area contributed by atoms with Gasteiger partial charge in [0.2, 0.25) is 0 Å². The van der Waals surface area contributed by atoms with Crippen LogP contribution in [0.15, 0.2) is 18.2 Å². The molecule has 0 aliphatic carbocycles. The lowest BCUT2D eigenvalue weighted by molar-refractivity contribution is 0.616. The van der Waals surface area contributed by atoms with Gasteiger partial charge in [0.15, 0.2) is 0 Å². The molecule has 0 saturated heterocycles. The maximum absolute atomic E-state index is 13.1. The van der Waals surface area contributed by atoms with E-state index in [1.807, 2.05) is 6.92 Å². The van der Waals surface area contributed by atoms with E-state index in [4.69, 9.17) is 11.0 Å². The highest BCUT2D eigenvalue weighted by Crippen LogP contribution is 2.11. The molecule has 2 nitrogen and oxygen atoms in total. The minimum absolute atomic E-state index is 0.0922. The molecule has 1 rings (SSSR count). The molecule has 1 atom stereocenters. The maximum Gasteiger partial charge on any atom is 0.141 e. The summed E-state index contributed by atoms with van der Waals surface area (Å²) in [6, 6.07) is 6.58. The van der Waals surface area contributed by atoms with Crippen LogP contribution < -0.4 is 5.73 Å². The Morgan fingerprint density at radius 1 is 1.57 bits per heavy atom. The molecule has 0 radical (unpaired) electrons. The molecule has 14 heavy (non-hydrogen) atoms. The Balaban J connectivity index is 2.73. The zero-order valence-corrected chi connectivity index (χ0v) is 8.13. The molecule has 1 aromatic rings. The first-order valence-corrected chi connectivity index (χ1v) is 4.57. The van der Waals surface area contributed by atoms with Crippen LogP contribution in [0.5, 0.6) is 0 Å². The minimum atomic E-state index is -0.449. The van der Waals surface area contributed by atoms with Crippen molar-refractivity contribution in [2.75, 3.05) is 0 Å². The van der Waals surface area contributed by atoms with Gasteiger partial charge in [0.05, 0.1) is 5.56 Å². The molecule has 0 heterocycles. The van der Waals surface area contributed by atoms with Crippen molar-refractivity contribution in [3.63, 3.8) is 0 Å². The molecule has 0 spiro atoms. The van der Waals surface area contributed by atoms with Crippen LogP contribution in [0, 0.1) is 17.1 Å². The average molecular weight is 192 g/mol. The highest BCUT2D eigenvalue weighted by Gasteiger charge is 2.03. The molecule has 0 aliphatic heterocycles. The van der Waals surface area contributed by atoms with E-state index >= 15 is 0 Å². The van der Waals surface area contributed by atoms with Crippen LogP contribution >= 0.6 is 0 Å². The van der Waals surface area contributed by atoms with Crippen molar-refractivity contribution >= 4 is 0 Å². The topological polar surface area (TPSA) is 49.8 Å². The molecule has 1 aromatic carbocycles. The fourth-order valence-electron chi connectivity index (χ4n) is 1.20. The minimum Gasteiger partial charge on any atom is -0.328 e. The molecule has 3 heteroatoms. The zero-order chi connectivity index (χ0) is 10.6. The molecule has 0 amide bonds. The van der Waals surface area contributed by atoms with Crippen LogP contribution in [0.3, 0.4) is 0 Å². The first kappa shape index (κ1) is 10.7. The lowest BCUT2D eigenvalue weighted by Gasteiger charge is -2.05. The Labute approximate surface area is 83.2 Å². The van der Waals surface area contributed by atoms with Gasteiger partial charge in [-0.25, -0.2) is 4.39 Å². The summed E-state index contributed by atoms with van der Waals surface area (Å²) in [6.07, 6.45) is 1.58. The molecule has 0 saturated carbocycles. The summed E-state index contributed by atoms with van der Waals surface area (Å²) >= 11 is 0. The Hall–Kier alpha value is -1.40. The van der Waals surface area contributed by atoms with Crippen LogP contribution in [0.2, 0.25) is 0 Å². The molecule has 1 unspecified atom stereocenters. The van der Waals surface area contributed by atoms with Gasteiger partial charge in [-0.3, -0.25) is 0 Å². The number of halogens is 1. The lowest BCUT2D eigenvalue weighted by atomic mass is 10.0. The van der Waals surface area contributed by atoms with Gasteiger partial charge in [-0.2, -0.15) is 5.26 Å². The summed E-state index contributed by atoms with van der Waals surface area (Å²) in [5.41, 5.74) is 6.57. The van der Waals surface area contributed by atoms with Crippen molar-refractivity contribution in [2.45, 2.75) is 25.8 Å². The van der Waals surface area contributed by atoms with Gasteiger partial charge in [0, 0.05) is 6.04 Å². The fourth-order valence-corrected chi connectivity index (χ4v) is 1.20. The van der Waals surface area contributed by atoms with Gasteiger partial charge in [-0.15, -0.1) is 0 Å². The summed E-state index contributed by atoms with van der Waals surface area (Å²) in [4.78, 5) is 0. The van der Waals surface area contributed by atoms with Gasteiger partial charge >= 0.3 is 0 Å². The number of hydrogen-bond acceptors (Lipinski definition) is 2. The largest absolute Gasteiger partial charge is 0.328 e. The summed E-state index contributed by atoms with van der Waals surface area (Å²) in [5, 5.41) is 8.52. The smallest absolute Gasteiger partial charge is 0.141 e. The summed E-state index contributed by atoms with van der Waals surface area (Å²) < 4.78 is 13.1. The first-order chi connectivity index (χ1) is 6.63. The second-order valence-electron chi connectivity index (χ2n) is 3.44. The van der Waals surface area contributed by atoms with Gasteiger partial charge in [-0.1, -0.05) is 6.07 Å². The third kappa shape index (κ3) is 2.82.